The van der Waals surface area contributed by atoms with Crippen molar-refractivity contribution in [2.45, 2.75) is 38.1 Å². The number of nitrogens with zero attached hydrogens (tertiary/aromatic N) is 8. The second kappa shape index (κ2) is 14.9. The van der Waals surface area contributed by atoms with E-state index in [9.17, 15) is 14.7 Å². The Morgan fingerprint density at radius 2 is 1.23 bits per heavy atom. The molecule has 16 nitrogen and oxygen atoms in total. The number of aromatic amines is 2. The lowest BCUT2D eigenvalue weighted by Gasteiger charge is -2.25. The molecule has 5 N–H and O–H groups in total. The Bertz CT molecular complexity index is 2800. The summed E-state index contributed by atoms with van der Waals surface area (Å²) < 4.78 is 9.63. The molecule has 2 unspecified atom stereocenters. The number of carbonyl (C=O) groups is 2. The molecule has 4 aromatic carbocycles. The molecular weight excluding hydrogens is 771 g/mol. The lowest BCUT2D eigenvalue weighted by atomic mass is 10.0. The molecule has 0 saturated heterocycles. The zero-order valence-corrected chi connectivity index (χ0v) is 31.6. The van der Waals surface area contributed by atoms with E-state index < -0.39 is 6.10 Å². The zero-order valence-electron chi connectivity index (χ0n) is 30.1. The number of ether oxygens (including phenoxy) is 1. The summed E-state index contributed by atoms with van der Waals surface area (Å²) in [4.78, 5) is 26.3. The summed E-state index contributed by atoms with van der Waals surface area (Å²) >= 11 is 12.2. The SMILES string of the molecule is COC1CCn2c(C(=O)Nc3ccc(Cl)cc3-c3nn[nH]n3)cc3cccc1c32.O=C(Nc1ccc(Cl)cc1-c1nn[nH]n1)c1cc2cccc3c2n1CCC3O. The number of amides is 2. The summed E-state index contributed by atoms with van der Waals surface area (Å²) in [7, 11) is 1.72. The van der Waals surface area contributed by atoms with Crippen LogP contribution in [0.5, 0.6) is 0 Å². The smallest absolute Gasteiger partial charge is 0.272 e. The van der Waals surface area contributed by atoms with Crippen LogP contribution in [0.25, 0.3) is 44.6 Å². The Hall–Kier alpha value is -6.46. The van der Waals surface area contributed by atoms with Gasteiger partial charge in [0.25, 0.3) is 11.8 Å². The van der Waals surface area contributed by atoms with E-state index in [2.05, 4.69) is 62.5 Å². The normalized spacial score (nSPS) is 15.6. The van der Waals surface area contributed by atoms with E-state index in [0.29, 0.717) is 75.1 Å². The highest BCUT2D eigenvalue weighted by atomic mass is 35.5. The fraction of sp³-hybridized carbons (Fsp3) is 0.179. The molecule has 2 atom stereocenters. The van der Waals surface area contributed by atoms with E-state index in [0.717, 1.165) is 39.4 Å². The number of aliphatic hydroxyl groups is 1. The third-order valence-electron chi connectivity index (χ3n) is 10.2. The molecule has 0 spiro atoms. The standard InChI is InChI=1S/C20H17ClN6O2.C19H15ClN6O2/c1-29-17-7-8-27-16(9-11-3-2-4-13(17)18(11)27)20(28)22-15-6-5-12(21)10-14(15)19-23-25-26-24-19;20-11-4-5-14(13(9-11)18-22-24-25-23-18)21-19(28)15-8-10-2-1-3-12-16(27)6-7-26(15)17(10)12/h2-6,9-10,17H,7-8H2,1H3,(H,22,28)(H,23,24,25,26);1-5,8-9,16,27H,6-7H2,(H,21,28)(H,22,23,24,25). The number of anilines is 2. The molecule has 0 saturated carbocycles. The first-order valence-electron chi connectivity index (χ1n) is 17.9. The van der Waals surface area contributed by atoms with Crippen LogP contribution in [0.4, 0.5) is 11.4 Å². The van der Waals surface area contributed by atoms with Crippen LogP contribution in [0.2, 0.25) is 10.0 Å². The van der Waals surface area contributed by atoms with Crippen LogP contribution in [0.15, 0.2) is 84.9 Å². The van der Waals surface area contributed by atoms with E-state index in [-0.39, 0.29) is 17.9 Å². The van der Waals surface area contributed by atoms with Crippen LogP contribution in [-0.2, 0) is 17.8 Å². The van der Waals surface area contributed by atoms with Crippen molar-refractivity contribution in [3.05, 3.63) is 117 Å². The minimum atomic E-state index is -0.511. The van der Waals surface area contributed by atoms with Crippen LogP contribution in [0.3, 0.4) is 0 Å². The molecule has 0 fully saturated rings. The van der Waals surface area contributed by atoms with E-state index in [1.54, 1.807) is 43.5 Å². The van der Waals surface area contributed by atoms with Crippen LogP contribution in [-0.4, -0.2) is 74.4 Å². The fourth-order valence-corrected chi connectivity index (χ4v) is 8.02. The highest BCUT2D eigenvalue weighted by Crippen LogP contribution is 2.38. The van der Waals surface area contributed by atoms with E-state index in [1.807, 2.05) is 47.0 Å². The van der Waals surface area contributed by atoms with E-state index in [4.69, 9.17) is 27.9 Å². The maximum absolute atomic E-state index is 13.2. The lowest BCUT2D eigenvalue weighted by Crippen LogP contribution is -2.21. The Balaban J connectivity index is 0.000000148. The molecule has 286 valence electrons. The number of tetrazole rings is 2. The van der Waals surface area contributed by atoms with Crippen molar-refractivity contribution < 1.29 is 19.4 Å². The molecule has 0 radical (unpaired) electrons. The van der Waals surface area contributed by atoms with Gasteiger partial charge in [-0.1, -0.05) is 59.6 Å². The number of halogens is 2. The van der Waals surface area contributed by atoms with Crippen molar-refractivity contribution in [1.29, 1.82) is 0 Å². The predicted octanol–water partition coefficient (Wildman–Crippen LogP) is 6.98. The quantitative estimate of drug-likeness (QED) is 0.112. The van der Waals surface area contributed by atoms with Gasteiger partial charge in [-0.2, -0.15) is 10.4 Å². The van der Waals surface area contributed by atoms with Gasteiger partial charge in [0.05, 0.1) is 34.6 Å². The van der Waals surface area contributed by atoms with Gasteiger partial charge >= 0.3 is 0 Å². The van der Waals surface area contributed by atoms with Crippen molar-refractivity contribution in [1.82, 2.24) is 50.4 Å². The number of carbonyl (C=O) groups excluding carboxylic acids is 2. The average Bonchev–Trinajstić information content (AvgIpc) is 4.06. The van der Waals surface area contributed by atoms with Crippen LogP contribution in [0, 0.1) is 0 Å². The highest BCUT2D eigenvalue weighted by Gasteiger charge is 2.28. The predicted molar refractivity (Wildman–Crippen MR) is 213 cm³/mol. The number of hydrogen-bond acceptors (Lipinski definition) is 10. The van der Waals surface area contributed by atoms with Gasteiger partial charge < -0.3 is 29.6 Å². The number of benzene rings is 4. The minimum absolute atomic E-state index is 0.0399. The first-order valence-corrected chi connectivity index (χ1v) is 18.7. The first kappa shape index (κ1) is 36.2. The number of nitrogens with one attached hydrogen (secondary N) is 4. The maximum atomic E-state index is 13.2. The second-order valence-corrected chi connectivity index (χ2v) is 14.4. The Morgan fingerprint density at radius 1 is 0.719 bits per heavy atom. The summed E-state index contributed by atoms with van der Waals surface area (Å²) in [6.07, 6.45) is 0.907. The number of H-pyrrole nitrogens is 2. The van der Waals surface area contributed by atoms with Crippen molar-refractivity contribution >= 4 is 68.2 Å². The van der Waals surface area contributed by atoms with E-state index in [1.165, 1.54) is 0 Å². The molecule has 2 aliphatic rings. The average molecular weight is 804 g/mol. The number of hydrogen-bond donors (Lipinski definition) is 5. The lowest BCUT2D eigenvalue weighted by molar-refractivity contribution is 0.0874. The monoisotopic (exact) mass is 802 g/mol. The maximum Gasteiger partial charge on any atom is 0.272 e. The molecule has 57 heavy (non-hydrogen) atoms. The number of methoxy groups -OCH3 is 1. The van der Waals surface area contributed by atoms with Crippen LogP contribution < -0.4 is 10.6 Å². The highest BCUT2D eigenvalue weighted by molar-refractivity contribution is 6.31. The fourth-order valence-electron chi connectivity index (χ4n) is 7.68. The molecule has 2 amide bonds. The number of aryl methyl sites for hydroxylation is 2. The van der Waals surface area contributed by atoms with Gasteiger partial charge in [-0.05, 0) is 71.8 Å². The zero-order chi connectivity index (χ0) is 39.2. The summed E-state index contributed by atoms with van der Waals surface area (Å²) in [5.41, 5.74) is 7.28. The third-order valence-corrected chi connectivity index (χ3v) is 10.7. The van der Waals surface area contributed by atoms with Crippen LogP contribution in [0.1, 0.15) is 57.2 Å². The van der Waals surface area contributed by atoms with Crippen molar-refractivity contribution in [2.75, 3.05) is 17.7 Å². The second-order valence-electron chi connectivity index (χ2n) is 13.5. The number of aliphatic hydroxyl groups excluding tert-OH is 1. The van der Waals surface area contributed by atoms with Gasteiger partial charge in [0.2, 0.25) is 11.6 Å². The minimum Gasteiger partial charge on any atom is -0.388 e. The van der Waals surface area contributed by atoms with Crippen molar-refractivity contribution in [3.8, 4) is 22.8 Å². The molecule has 6 heterocycles. The largest absolute Gasteiger partial charge is 0.388 e. The van der Waals surface area contributed by atoms with Gasteiger partial charge in [0, 0.05) is 63.3 Å². The molecule has 0 aliphatic carbocycles. The van der Waals surface area contributed by atoms with E-state index >= 15 is 0 Å². The van der Waals surface area contributed by atoms with Gasteiger partial charge in [-0.15, -0.1) is 20.4 Å². The summed E-state index contributed by atoms with van der Waals surface area (Å²) in [6, 6.07) is 25.8. The molecule has 10 rings (SSSR count). The van der Waals surface area contributed by atoms with Gasteiger partial charge in [0.15, 0.2) is 0 Å². The first-order chi connectivity index (χ1) is 27.8. The number of aromatic nitrogens is 10. The summed E-state index contributed by atoms with van der Waals surface area (Å²) in [5.74, 6) is 0.222. The van der Waals surface area contributed by atoms with Crippen molar-refractivity contribution in [2.24, 2.45) is 0 Å². The molecule has 18 heteroatoms. The van der Waals surface area contributed by atoms with Crippen LogP contribution >= 0.6 is 23.2 Å². The Kier molecular flexibility index (Phi) is 9.45. The summed E-state index contributed by atoms with van der Waals surface area (Å²) in [6.45, 7) is 1.28. The third kappa shape index (κ3) is 6.67. The molecular formula is C39H32Cl2N12O4. The molecule has 4 aromatic heterocycles. The topological polar surface area (TPSA) is 206 Å². The molecule has 0 bridgehead atoms. The number of para-hydroxylation sites is 2. The van der Waals surface area contributed by atoms with Gasteiger partial charge in [-0.3, -0.25) is 9.59 Å². The summed E-state index contributed by atoms with van der Waals surface area (Å²) in [5, 5.41) is 47.1. The number of rotatable bonds is 7. The molecule has 8 aromatic rings. The Morgan fingerprint density at radius 3 is 1.74 bits per heavy atom. The molecule has 2 aliphatic heterocycles. The van der Waals surface area contributed by atoms with Crippen molar-refractivity contribution in [3.63, 3.8) is 0 Å². The Labute approximate surface area is 333 Å². The van der Waals surface area contributed by atoms with Gasteiger partial charge in [-0.25, -0.2) is 0 Å². The van der Waals surface area contributed by atoms with Gasteiger partial charge in [0.1, 0.15) is 11.4 Å².